The van der Waals surface area contributed by atoms with Crippen LogP contribution in [0.15, 0.2) is 15.2 Å². The molecule has 0 radical (unpaired) electrons. The van der Waals surface area contributed by atoms with Crippen LogP contribution in [-0.4, -0.2) is 30.6 Å². The van der Waals surface area contributed by atoms with Gasteiger partial charge in [-0.2, -0.15) is 0 Å². The van der Waals surface area contributed by atoms with Gasteiger partial charge in [-0.05, 0) is 39.9 Å². The molecule has 0 bridgehead atoms. The SMILES string of the molecule is C[C@H]1CN(Cc2csc(Br)c2)CCN1. The van der Waals surface area contributed by atoms with Crippen LogP contribution in [0.1, 0.15) is 12.5 Å². The number of thiophene rings is 1. The van der Waals surface area contributed by atoms with Gasteiger partial charge in [0.25, 0.3) is 0 Å². The monoisotopic (exact) mass is 274 g/mol. The predicted octanol–water partition coefficient (Wildman–Crippen LogP) is 2.30. The number of nitrogens with zero attached hydrogens (tertiary/aromatic N) is 1. The molecule has 1 aliphatic heterocycles. The lowest BCUT2D eigenvalue weighted by Crippen LogP contribution is -2.48. The predicted molar refractivity (Wildman–Crippen MR) is 64.8 cm³/mol. The van der Waals surface area contributed by atoms with Crippen LogP contribution in [0.5, 0.6) is 0 Å². The normalized spacial score (nSPS) is 24.0. The van der Waals surface area contributed by atoms with Crippen LogP contribution in [0, 0.1) is 0 Å². The minimum atomic E-state index is 0.630. The highest BCUT2D eigenvalue weighted by molar-refractivity contribution is 9.11. The third kappa shape index (κ3) is 2.79. The molecule has 0 saturated carbocycles. The van der Waals surface area contributed by atoms with E-state index in [1.54, 1.807) is 11.3 Å². The maximum absolute atomic E-state index is 3.50. The summed E-state index contributed by atoms with van der Waals surface area (Å²) in [5.41, 5.74) is 1.43. The van der Waals surface area contributed by atoms with E-state index in [-0.39, 0.29) is 0 Å². The Balaban J connectivity index is 1.90. The molecular formula is C10H15BrN2S. The zero-order chi connectivity index (χ0) is 9.97. The average molecular weight is 275 g/mol. The zero-order valence-corrected chi connectivity index (χ0v) is 10.7. The van der Waals surface area contributed by atoms with Crippen molar-refractivity contribution in [2.45, 2.75) is 19.5 Å². The molecule has 0 spiro atoms. The molecule has 1 saturated heterocycles. The van der Waals surface area contributed by atoms with Gasteiger partial charge in [0.1, 0.15) is 0 Å². The molecule has 1 atom stereocenters. The van der Waals surface area contributed by atoms with Crippen molar-refractivity contribution >= 4 is 27.3 Å². The first-order chi connectivity index (χ1) is 6.74. The third-order valence-electron chi connectivity index (χ3n) is 2.48. The smallest absolute Gasteiger partial charge is 0.0701 e. The highest BCUT2D eigenvalue weighted by Gasteiger charge is 2.15. The fourth-order valence-corrected chi connectivity index (χ4v) is 3.04. The molecule has 2 rings (SSSR count). The topological polar surface area (TPSA) is 15.3 Å². The first kappa shape index (κ1) is 10.6. The lowest BCUT2D eigenvalue weighted by atomic mass is 10.2. The summed E-state index contributed by atoms with van der Waals surface area (Å²) in [5.74, 6) is 0. The maximum Gasteiger partial charge on any atom is 0.0701 e. The van der Waals surface area contributed by atoms with Crippen LogP contribution >= 0.6 is 27.3 Å². The van der Waals surface area contributed by atoms with Gasteiger partial charge in [-0.25, -0.2) is 0 Å². The molecule has 2 heterocycles. The van der Waals surface area contributed by atoms with Gasteiger partial charge in [0, 0.05) is 32.2 Å². The number of piperazine rings is 1. The molecule has 0 unspecified atom stereocenters. The minimum absolute atomic E-state index is 0.630. The molecule has 1 aromatic rings. The van der Waals surface area contributed by atoms with Gasteiger partial charge in [0.2, 0.25) is 0 Å². The van der Waals surface area contributed by atoms with Crippen molar-refractivity contribution in [2.75, 3.05) is 19.6 Å². The molecular weight excluding hydrogens is 260 g/mol. The van der Waals surface area contributed by atoms with Gasteiger partial charge in [0.15, 0.2) is 0 Å². The maximum atomic E-state index is 3.50. The summed E-state index contributed by atoms with van der Waals surface area (Å²) in [6.45, 7) is 6.78. The van der Waals surface area contributed by atoms with Crippen LogP contribution in [0.2, 0.25) is 0 Å². The molecule has 0 aliphatic carbocycles. The van der Waals surface area contributed by atoms with E-state index in [4.69, 9.17) is 0 Å². The van der Waals surface area contributed by atoms with Gasteiger partial charge in [-0.15, -0.1) is 11.3 Å². The van der Waals surface area contributed by atoms with Crippen LogP contribution in [0.25, 0.3) is 0 Å². The molecule has 1 N–H and O–H groups in total. The van der Waals surface area contributed by atoms with E-state index in [0.29, 0.717) is 6.04 Å². The summed E-state index contributed by atoms with van der Waals surface area (Å²) in [7, 11) is 0. The number of halogens is 1. The molecule has 2 nitrogen and oxygen atoms in total. The zero-order valence-electron chi connectivity index (χ0n) is 8.29. The summed E-state index contributed by atoms with van der Waals surface area (Å²) in [5, 5.41) is 5.69. The number of hydrogen-bond acceptors (Lipinski definition) is 3. The van der Waals surface area contributed by atoms with E-state index in [2.05, 4.69) is 44.5 Å². The molecule has 0 aromatic carbocycles. The Kier molecular flexibility index (Phi) is 3.60. The lowest BCUT2D eigenvalue weighted by molar-refractivity contribution is 0.200. The van der Waals surface area contributed by atoms with E-state index in [1.165, 1.54) is 9.35 Å². The van der Waals surface area contributed by atoms with Crippen molar-refractivity contribution in [1.29, 1.82) is 0 Å². The first-order valence-electron chi connectivity index (χ1n) is 4.92. The Morgan fingerprint density at radius 3 is 3.21 bits per heavy atom. The highest BCUT2D eigenvalue weighted by Crippen LogP contribution is 2.21. The first-order valence-corrected chi connectivity index (χ1v) is 6.60. The summed E-state index contributed by atoms with van der Waals surface area (Å²) < 4.78 is 1.23. The van der Waals surface area contributed by atoms with Gasteiger partial charge in [0.05, 0.1) is 3.79 Å². The Bertz CT molecular complexity index is 300. The Hall–Kier alpha value is 0.1000. The van der Waals surface area contributed by atoms with Crippen LogP contribution in [0.4, 0.5) is 0 Å². The Morgan fingerprint density at radius 1 is 1.71 bits per heavy atom. The molecule has 1 fully saturated rings. The van der Waals surface area contributed by atoms with E-state index < -0.39 is 0 Å². The Morgan fingerprint density at radius 2 is 2.57 bits per heavy atom. The van der Waals surface area contributed by atoms with Crippen molar-refractivity contribution in [2.24, 2.45) is 0 Å². The molecule has 1 aliphatic rings. The second kappa shape index (κ2) is 4.75. The fourth-order valence-electron chi connectivity index (χ4n) is 1.84. The van der Waals surface area contributed by atoms with Gasteiger partial charge in [-0.1, -0.05) is 0 Å². The van der Waals surface area contributed by atoms with Crippen molar-refractivity contribution < 1.29 is 0 Å². The molecule has 0 amide bonds. The minimum Gasteiger partial charge on any atom is -0.312 e. The van der Waals surface area contributed by atoms with Crippen LogP contribution in [0.3, 0.4) is 0 Å². The third-order valence-corrected chi connectivity index (χ3v) is 4.03. The summed E-state index contributed by atoms with van der Waals surface area (Å²) >= 11 is 5.26. The number of nitrogens with one attached hydrogen (secondary N) is 1. The van der Waals surface area contributed by atoms with Gasteiger partial charge in [-0.3, -0.25) is 4.90 Å². The van der Waals surface area contributed by atoms with Crippen molar-refractivity contribution in [3.8, 4) is 0 Å². The summed E-state index contributed by atoms with van der Waals surface area (Å²) in [6.07, 6.45) is 0. The standard InChI is InChI=1S/C10H15BrN2S/c1-8-5-13(3-2-12-8)6-9-4-10(11)14-7-9/h4,7-8,12H,2-3,5-6H2,1H3/t8-/m0/s1. The molecule has 1 aromatic heterocycles. The van der Waals surface area contributed by atoms with E-state index in [9.17, 15) is 0 Å². The lowest BCUT2D eigenvalue weighted by Gasteiger charge is -2.31. The second-order valence-electron chi connectivity index (χ2n) is 3.85. The largest absolute Gasteiger partial charge is 0.312 e. The van der Waals surface area contributed by atoms with E-state index in [0.717, 1.165) is 26.2 Å². The quantitative estimate of drug-likeness (QED) is 0.891. The summed E-state index contributed by atoms with van der Waals surface area (Å²) in [6, 6.07) is 2.85. The molecule has 4 heteroatoms. The Labute approximate surface area is 97.4 Å². The molecule has 78 valence electrons. The second-order valence-corrected chi connectivity index (χ2v) is 6.14. The fraction of sp³-hybridized carbons (Fsp3) is 0.600. The summed E-state index contributed by atoms with van der Waals surface area (Å²) in [4.78, 5) is 2.51. The van der Waals surface area contributed by atoms with Crippen LogP contribution < -0.4 is 5.32 Å². The van der Waals surface area contributed by atoms with Crippen molar-refractivity contribution in [3.63, 3.8) is 0 Å². The van der Waals surface area contributed by atoms with Crippen molar-refractivity contribution in [3.05, 3.63) is 20.8 Å². The molecule has 14 heavy (non-hydrogen) atoms. The van der Waals surface area contributed by atoms with Crippen LogP contribution in [-0.2, 0) is 6.54 Å². The average Bonchev–Trinajstić information content (AvgIpc) is 2.51. The van der Waals surface area contributed by atoms with E-state index >= 15 is 0 Å². The highest BCUT2D eigenvalue weighted by atomic mass is 79.9. The van der Waals surface area contributed by atoms with Crippen molar-refractivity contribution in [1.82, 2.24) is 10.2 Å². The van der Waals surface area contributed by atoms with Gasteiger partial charge < -0.3 is 5.32 Å². The number of hydrogen-bond donors (Lipinski definition) is 1. The van der Waals surface area contributed by atoms with E-state index in [1.807, 2.05) is 0 Å². The number of rotatable bonds is 2. The van der Waals surface area contributed by atoms with Gasteiger partial charge >= 0.3 is 0 Å².